The number of hydrogen-bond acceptors (Lipinski definition) is 6. The van der Waals surface area contributed by atoms with Gasteiger partial charge in [-0.3, -0.25) is 4.79 Å². The fraction of sp³-hybridized carbons (Fsp3) is 0.273. The van der Waals surface area contributed by atoms with Crippen molar-refractivity contribution in [2.24, 2.45) is 0 Å². The van der Waals surface area contributed by atoms with Gasteiger partial charge in [0.1, 0.15) is 35.4 Å². The number of rotatable bonds is 5. The van der Waals surface area contributed by atoms with Crippen LogP contribution < -0.4 is 15.4 Å². The number of amides is 1. The molecule has 1 aliphatic rings. The van der Waals surface area contributed by atoms with Crippen LogP contribution in [0.5, 0.6) is 5.88 Å². The predicted molar refractivity (Wildman–Crippen MR) is 118 cm³/mol. The van der Waals surface area contributed by atoms with E-state index in [2.05, 4.69) is 25.6 Å². The van der Waals surface area contributed by atoms with E-state index in [0.717, 1.165) is 50.2 Å². The van der Waals surface area contributed by atoms with E-state index in [4.69, 9.17) is 4.74 Å². The molecule has 4 rings (SSSR count). The number of hydrogen-bond donors (Lipinski definition) is 2. The Bertz CT molecular complexity index is 1180. The molecule has 2 N–H and O–H groups in total. The van der Waals surface area contributed by atoms with Crippen LogP contribution in [0.4, 0.5) is 27.6 Å². The maximum Gasteiger partial charge on any atom is 0.418 e. The van der Waals surface area contributed by atoms with Crippen molar-refractivity contribution in [1.29, 1.82) is 0 Å². The number of alkyl halides is 3. The second kappa shape index (κ2) is 10.9. The van der Waals surface area contributed by atoms with Gasteiger partial charge in [-0.2, -0.15) is 18.2 Å². The van der Waals surface area contributed by atoms with Gasteiger partial charge in [0.2, 0.25) is 5.88 Å². The number of aromatic nitrogens is 3. The van der Waals surface area contributed by atoms with E-state index in [-0.39, 0.29) is 30.1 Å². The Morgan fingerprint density at radius 3 is 2.43 bits per heavy atom. The quantitative estimate of drug-likeness (QED) is 0.481. The zero-order chi connectivity index (χ0) is 24.3. The van der Waals surface area contributed by atoms with Gasteiger partial charge in [-0.15, -0.1) is 12.4 Å². The molecule has 3 aromatic rings. The minimum atomic E-state index is -4.96. The lowest BCUT2D eigenvalue weighted by molar-refractivity contribution is -0.137. The second-order valence-electron chi connectivity index (χ2n) is 7.45. The van der Waals surface area contributed by atoms with Crippen molar-refractivity contribution in [2.45, 2.75) is 25.1 Å². The van der Waals surface area contributed by atoms with Crippen LogP contribution in [0.2, 0.25) is 0 Å². The molecule has 1 amide bonds. The van der Waals surface area contributed by atoms with Crippen LogP contribution in [0.25, 0.3) is 11.3 Å². The first-order valence-corrected chi connectivity index (χ1v) is 10.3. The van der Waals surface area contributed by atoms with Gasteiger partial charge >= 0.3 is 6.18 Å². The fourth-order valence-corrected chi connectivity index (χ4v) is 3.48. The summed E-state index contributed by atoms with van der Waals surface area (Å²) in [5.74, 6) is -3.34. The molecule has 3 heterocycles. The molecule has 186 valence electrons. The number of nitrogens with zero attached hydrogens (tertiary/aromatic N) is 3. The van der Waals surface area contributed by atoms with Crippen LogP contribution in [0, 0.1) is 11.6 Å². The van der Waals surface area contributed by atoms with Crippen LogP contribution in [0.15, 0.2) is 42.9 Å². The lowest BCUT2D eigenvalue weighted by atomic mass is 10.0. The SMILES string of the molecule is Cl.O=C(Nc1cncnc1OC1CCNCC1)c1ccc(C(F)(F)F)c(-c2c(F)cccc2F)n1. The Balaban J connectivity index is 0.00000342. The first-order valence-electron chi connectivity index (χ1n) is 10.3. The number of benzene rings is 1. The highest BCUT2D eigenvalue weighted by molar-refractivity contribution is 6.03. The molecular weight excluding hydrogens is 497 g/mol. The molecule has 0 bridgehead atoms. The van der Waals surface area contributed by atoms with Crippen molar-refractivity contribution < 1.29 is 31.5 Å². The van der Waals surface area contributed by atoms with Crippen molar-refractivity contribution in [2.75, 3.05) is 18.4 Å². The summed E-state index contributed by atoms with van der Waals surface area (Å²) in [7, 11) is 0. The summed E-state index contributed by atoms with van der Waals surface area (Å²) in [5.41, 5.74) is -3.83. The largest absolute Gasteiger partial charge is 0.473 e. The molecule has 2 aromatic heterocycles. The van der Waals surface area contributed by atoms with Crippen LogP contribution in [-0.4, -0.2) is 40.1 Å². The average molecular weight is 516 g/mol. The van der Waals surface area contributed by atoms with Crippen LogP contribution >= 0.6 is 12.4 Å². The molecule has 1 saturated heterocycles. The third kappa shape index (κ3) is 6.01. The van der Waals surface area contributed by atoms with E-state index in [1.54, 1.807) is 0 Å². The summed E-state index contributed by atoms with van der Waals surface area (Å²) in [6, 6.07) is 3.99. The van der Waals surface area contributed by atoms with Gasteiger partial charge in [-0.1, -0.05) is 6.07 Å². The first kappa shape index (κ1) is 26.2. The Morgan fingerprint density at radius 1 is 1.09 bits per heavy atom. The number of carbonyl (C=O) groups excluding carboxylic acids is 1. The van der Waals surface area contributed by atoms with Gasteiger partial charge in [0.05, 0.1) is 23.0 Å². The smallest absolute Gasteiger partial charge is 0.418 e. The van der Waals surface area contributed by atoms with E-state index >= 15 is 0 Å². The fourth-order valence-electron chi connectivity index (χ4n) is 3.48. The molecule has 1 fully saturated rings. The van der Waals surface area contributed by atoms with Crippen LogP contribution in [0.3, 0.4) is 0 Å². The number of ether oxygens (including phenoxy) is 1. The molecule has 1 aromatic carbocycles. The number of carbonyl (C=O) groups is 1. The Hall–Kier alpha value is -3.38. The molecular formula is C22H19ClF5N5O2. The third-order valence-electron chi connectivity index (χ3n) is 5.12. The van der Waals surface area contributed by atoms with Crippen molar-refractivity contribution in [3.8, 4) is 17.1 Å². The Labute approximate surface area is 202 Å². The van der Waals surface area contributed by atoms with Crippen LogP contribution in [0.1, 0.15) is 28.9 Å². The molecule has 1 aliphatic heterocycles. The van der Waals surface area contributed by atoms with E-state index in [1.165, 1.54) is 12.5 Å². The monoisotopic (exact) mass is 515 g/mol. The summed E-state index contributed by atoms with van der Waals surface area (Å²) in [5, 5.41) is 5.63. The third-order valence-corrected chi connectivity index (χ3v) is 5.12. The minimum Gasteiger partial charge on any atom is -0.473 e. The number of halogens is 6. The van der Waals surface area contributed by atoms with E-state index < -0.39 is 46.2 Å². The van der Waals surface area contributed by atoms with Gasteiger partial charge in [-0.05, 0) is 50.2 Å². The average Bonchev–Trinajstić information content (AvgIpc) is 2.80. The second-order valence-corrected chi connectivity index (χ2v) is 7.45. The molecule has 0 saturated carbocycles. The summed E-state index contributed by atoms with van der Waals surface area (Å²) < 4.78 is 75.0. The molecule has 13 heteroatoms. The van der Waals surface area contributed by atoms with Gasteiger partial charge in [0.15, 0.2) is 0 Å². The zero-order valence-corrected chi connectivity index (χ0v) is 18.7. The maximum atomic E-state index is 14.3. The summed E-state index contributed by atoms with van der Waals surface area (Å²) in [4.78, 5) is 24.3. The highest BCUT2D eigenvalue weighted by Crippen LogP contribution is 2.38. The molecule has 0 spiro atoms. The summed E-state index contributed by atoms with van der Waals surface area (Å²) >= 11 is 0. The van der Waals surface area contributed by atoms with Gasteiger partial charge in [0.25, 0.3) is 5.91 Å². The van der Waals surface area contributed by atoms with Gasteiger partial charge in [0, 0.05) is 0 Å². The number of nitrogens with one attached hydrogen (secondary N) is 2. The minimum absolute atomic E-state index is 0. The maximum absolute atomic E-state index is 14.3. The summed E-state index contributed by atoms with van der Waals surface area (Å²) in [6.45, 7) is 1.50. The van der Waals surface area contributed by atoms with Crippen molar-refractivity contribution in [3.63, 3.8) is 0 Å². The van der Waals surface area contributed by atoms with E-state index in [9.17, 15) is 26.7 Å². The Kier molecular flexibility index (Phi) is 8.18. The Morgan fingerprint density at radius 2 is 1.77 bits per heavy atom. The first-order chi connectivity index (χ1) is 16.2. The normalized spacial score (nSPS) is 14.2. The number of pyridine rings is 1. The predicted octanol–water partition coefficient (Wildman–Crippen LogP) is 4.64. The highest BCUT2D eigenvalue weighted by Gasteiger charge is 2.36. The highest BCUT2D eigenvalue weighted by atomic mass is 35.5. The topological polar surface area (TPSA) is 89.0 Å². The molecule has 7 nitrogen and oxygen atoms in total. The molecule has 35 heavy (non-hydrogen) atoms. The zero-order valence-electron chi connectivity index (χ0n) is 17.9. The van der Waals surface area contributed by atoms with E-state index in [0.29, 0.717) is 6.07 Å². The van der Waals surface area contributed by atoms with Gasteiger partial charge in [-0.25, -0.2) is 18.7 Å². The molecule has 0 unspecified atom stereocenters. The van der Waals surface area contributed by atoms with E-state index in [1.807, 2.05) is 0 Å². The van der Waals surface area contributed by atoms with Crippen molar-refractivity contribution in [1.82, 2.24) is 20.3 Å². The van der Waals surface area contributed by atoms with Gasteiger partial charge < -0.3 is 15.4 Å². The summed E-state index contributed by atoms with van der Waals surface area (Å²) in [6.07, 6.45) is -1.18. The molecule has 0 radical (unpaired) electrons. The lowest BCUT2D eigenvalue weighted by Gasteiger charge is -2.24. The number of piperidine rings is 1. The number of anilines is 1. The van der Waals surface area contributed by atoms with Crippen molar-refractivity contribution >= 4 is 24.0 Å². The molecule has 0 aliphatic carbocycles. The molecule has 0 atom stereocenters. The van der Waals surface area contributed by atoms with Crippen molar-refractivity contribution in [3.05, 3.63) is 65.7 Å². The lowest BCUT2D eigenvalue weighted by Crippen LogP contribution is -2.34. The van der Waals surface area contributed by atoms with Crippen LogP contribution in [-0.2, 0) is 6.18 Å². The standard InChI is InChI=1S/C22H18F5N5O2.ClH/c23-14-2-1-3-15(24)18(14)19-13(22(25,26)27)4-5-16(31-19)20(33)32-17-10-29-11-30-21(17)34-12-6-8-28-9-7-12;/h1-5,10-12,28H,6-9H2,(H,32,33);1H.